The van der Waals surface area contributed by atoms with Gasteiger partial charge < -0.3 is 5.11 Å². The molecular formula is C10H17N3O3S. The van der Waals surface area contributed by atoms with Crippen molar-refractivity contribution in [1.29, 1.82) is 0 Å². The summed E-state index contributed by atoms with van der Waals surface area (Å²) < 4.78 is 27.3. The summed E-state index contributed by atoms with van der Waals surface area (Å²) in [5.41, 5.74) is -0.937. The Morgan fingerprint density at radius 2 is 2.24 bits per heavy atom. The number of nitrogens with zero attached hydrogens (tertiary/aromatic N) is 3. The van der Waals surface area contributed by atoms with Gasteiger partial charge in [-0.25, -0.2) is 8.42 Å². The van der Waals surface area contributed by atoms with Crippen molar-refractivity contribution < 1.29 is 13.5 Å². The second-order valence-corrected chi connectivity index (χ2v) is 6.73. The molecule has 1 atom stereocenters. The van der Waals surface area contributed by atoms with E-state index in [2.05, 4.69) is 5.10 Å². The quantitative estimate of drug-likeness (QED) is 0.808. The Labute approximate surface area is 101 Å². The van der Waals surface area contributed by atoms with E-state index in [0.717, 1.165) is 0 Å². The van der Waals surface area contributed by atoms with E-state index in [0.29, 0.717) is 19.4 Å². The average molecular weight is 259 g/mol. The molecule has 1 aliphatic heterocycles. The highest BCUT2D eigenvalue weighted by atomic mass is 32.2. The number of hydrogen-bond donors (Lipinski definition) is 1. The number of aliphatic hydroxyl groups is 1. The van der Waals surface area contributed by atoms with Crippen molar-refractivity contribution in [3.05, 3.63) is 12.4 Å². The molecule has 1 saturated heterocycles. The van der Waals surface area contributed by atoms with E-state index in [1.165, 1.54) is 21.4 Å². The Balaban J connectivity index is 2.27. The monoisotopic (exact) mass is 259 g/mol. The molecule has 0 aliphatic carbocycles. The average Bonchev–Trinajstić information content (AvgIpc) is 2.64. The lowest BCUT2D eigenvalue weighted by Crippen LogP contribution is -2.48. The van der Waals surface area contributed by atoms with Gasteiger partial charge in [0, 0.05) is 26.3 Å². The maximum absolute atomic E-state index is 12.2. The fourth-order valence-corrected chi connectivity index (χ4v) is 3.64. The molecule has 1 aromatic heterocycles. The van der Waals surface area contributed by atoms with E-state index in [1.54, 1.807) is 14.0 Å². The van der Waals surface area contributed by atoms with Crippen molar-refractivity contribution in [3.8, 4) is 0 Å². The van der Waals surface area contributed by atoms with Gasteiger partial charge in [0.1, 0.15) is 4.90 Å². The van der Waals surface area contributed by atoms with E-state index >= 15 is 0 Å². The van der Waals surface area contributed by atoms with Gasteiger partial charge in [-0.05, 0) is 19.8 Å². The highest BCUT2D eigenvalue weighted by molar-refractivity contribution is 7.89. The minimum absolute atomic E-state index is 0.143. The molecule has 1 N–H and O–H groups in total. The number of hydrogen-bond acceptors (Lipinski definition) is 4. The lowest BCUT2D eigenvalue weighted by molar-refractivity contribution is 0.00940. The SMILES string of the molecule is Cn1cc(S(=O)(=O)N2CCCC(C)(O)C2)cn1. The van der Waals surface area contributed by atoms with Crippen molar-refractivity contribution in [1.82, 2.24) is 14.1 Å². The topological polar surface area (TPSA) is 75.4 Å². The van der Waals surface area contributed by atoms with Gasteiger partial charge in [-0.3, -0.25) is 4.68 Å². The normalized spacial score (nSPS) is 27.2. The third-order valence-electron chi connectivity index (χ3n) is 2.96. The molecule has 2 rings (SSSR count). The van der Waals surface area contributed by atoms with E-state index in [4.69, 9.17) is 0 Å². The number of sulfonamides is 1. The Hall–Kier alpha value is -0.920. The van der Waals surface area contributed by atoms with Crippen LogP contribution in [-0.2, 0) is 17.1 Å². The van der Waals surface area contributed by atoms with Crippen LogP contribution in [0.25, 0.3) is 0 Å². The molecule has 17 heavy (non-hydrogen) atoms. The second kappa shape index (κ2) is 4.08. The molecule has 0 saturated carbocycles. The standard InChI is InChI=1S/C10H17N3O3S/c1-10(14)4-3-5-13(8-10)17(15,16)9-6-11-12(2)7-9/h6-7,14H,3-5,8H2,1-2H3. The summed E-state index contributed by atoms with van der Waals surface area (Å²) in [5, 5.41) is 13.8. The molecule has 0 radical (unpaired) electrons. The number of β-amino-alcohol motifs (C(OH)–C–C–N with tert-alkyl or cyclic N) is 1. The summed E-state index contributed by atoms with van der Waals surface area (Å²) in [4.78, 5) is 0.178. The molecule has 7 heteroatoms. The van der Waals surface area contributed by atoms with Crippen LogP contribution >= 0.6 is 0 Å². The molecule has 0 amide bonds. The van der Waals surface area contributed by atoms with Gasteiger partial charge in [-0.2, -0.15) is 9.40 Å². The number of rotatable bonds is 2. The third kappa shape index (κ3) is 2.51. The summed E-state index contributed by atoms with van der Waals surface area (Å²) in [7, 11) is -1.85. The Bertz CT molecular complexity index is 507. The molecule has 6 nitrogen and oxygen atoms in total. The Kier molecular flexibility index (Phi) is 3.01. The maximum atomic E-state index is 12.2. The fourth-order valence-electron chi connectivity index (χ4n) is 2.06. The molecular weight excluding hydrogens is 242 g/mol. The molecule has 0 aromatic carbocycles. The van der Waals surface area contributed by atoms with Crippen molar-refractivity contribution >= 4 is 10.0 Å². The minimum Gasteiger partial charge on any atom is -0.389 e. The van der Waals surface area contributed by atoms with Gasteiger partial charge in [0.05, 0.1) is 11.8 Å². The van der Waals surface area contributed by atoms with E-state index in [1.807, 2.05) is 0 Å². The van der Waals surface area contributed by atoms with Gasteiger partial charge in [-0.15, -0.1) is 0 Å². The zero-order valence-corrected chi connectivity index (χ0v) is 10.8. The third-order valence-corrected chi connectivity index (χ3v) is 4.76. The smallest absolute Gasteiger partial charge is 0.246 e. The van der Waals surface area contributed by atoms with Gasteiger partial charge in [0.2, 0.25) is 10.0 Å². The molecule has 1 aromatic rings. The summed E-state index contributed by atoms with van der Waals surface area (Å²) in [6.45, 7) is 2.26. The first-order valence-corrected chi connectivity index (χ1v) is 6.96. The van der Waals surface area contributed by atoms with Gasteiger partial charge in [-0.1, -0.05) is 0 Å². The Morgan fingerprint density at radius 3 is 2.76 bits per heavy atom. The zero-order chi connectivity index (χ0) is 12.7. The van der Waals surface area contributed by atoms with Crippen molar-refractivity contribution in [2.75, 3.05) is 13.1 Å². The number of piperidine rings is 1. The van der Waals surface area contributed by atoms with E-state index in [9.17, 15) is 13.5 Å². The van der Waals surface area contributed by atoms with Crippen LogP contribution in [0.3, 0.4) is 0 Å². The van der Waals surface area contributed by atoms with Gasteiger partial charge in [0.25, 0.3) is 0 Å². The fraction of sp³-hybridized carbons (Fsp3) is 0.700. The van der Waals surface area contributed by atoms with Gasteiger partial charge >= 0.3 is 0 Å². The van der Waals surface area contributed by atoms with Crippen molar-refractivity contribution in [3.63, 3.8) is 0 Å². The first kappa shape index (κ1) is 12.5. The highest BCUT2D eigenvalue weighted by Crippen LogP contribution is 2.25. The highest BCUT2D eigenvalue weighted by Gasteiger charge is 2.35. The van der Waals surface area contributed by atoms with Crippen LogP contribution in [0.4, 0.5) is 0 Å². The van der Waals surface area contributed by atoms with Crippen LogP contribution < -0.4 is 0 Å². The van der Waals surface area contributed by atoms with Gasteiger partial charge in [0.15, 0.2) is 0 Å². The predicted octanol–water partition coefficient (Wildman–Crippen LogP) is -0.0444. The molecule has 1 aliphatic rings. The maximum Gasteiger partial charge on any atom is 0.246 e. The van der Waals surface area contributed by atoms with Crippen LogP contribution in [0, 0.1) is 0 Å². The molecule has 1 unspecified atom stereocenters. The van der Waals surface area contributed by atoms with Crippen LogP contribution in [-0.4, -0.2) is 46.3 Å². The van der Waals surface area contributed by atoms with Crippen molar-refractivity contribution in [2.24, 2.45) is 7.05 Å². The largest absolute Gasteiger partial charge is 0.389 e. The lowest BCUT2D eigenvalue weighted by Gasteiger charge is -2.35. The first-order chi connectivity index (χ1) is 7.81. The number of aromatic nitrogens is 2. The van der Waals surface area contributed by atoms with Crippen LogP contribution in [0.15, 0.2) is 17.3 Å². The van der Waals surface area contributed by atoms with Crippen LogP contribution in [0.2, 0.25) is 0 Å². The first-order valence-electron chi connectivity index (χ1n) is 5.52. The van der Waals surface area contributed by atoms with Crippen LogP contribution in [0.1, 0.15) is 19.8 Å². The number of aryl methyl sites for hydroxylation is 1. The molecule has 0 bridgehead atoms. The summed E-state index contributed by atoms with van der Waals surface area (Å²) >= 11 is 0. The Morgan fingerprint density at radius 1 is 1.53 bits per heavy atom. The van der Waals surface area contributed by atoms with E-state index in [-0.39, 0.29) is 11.4 Å². The minimum atomic E-state index is -3.52. The second-order valence-electron chi connectivity index (χ2n) is 4.79. The van der Waals surface area contributed by atoms with Crippen molar-refractivity contribution in [2.45, 2.75) is 30.3 Å². The summed E-state index contributed by atoms with van der Waals surface area (Å²) in [5.74, 6) is 0. The summed E-state index contributed by atoms with van der Waals surface area (Å²) in [6.07, 6.45) is 4.11. The van der Waals surface area contributed by atoms with Crippen LogP contribution in [0.5, 0.6) is 0 Å². The molecule has 96 valence electrons. The molecule has 1 fully saturated rings. The predicted molar refractivity (Wildman–Crippen MR) is 61.8 cm³/mol. The summed E-state index contributed by atoms with van der Waals surface area (Å²) in [6, 6.07) is 0. The zero-order valence-electron chi connectivity index (χ0n) is 10.00. The molecule has 0 spiro atoms. The molecule has 2 heterocycles. The van der Waals surface area contributed by atoms with E-state index < -0.39 is 15.6 Å². The lowest BCUT2D eigenvalue weighted by atomic mass is 9.97.